The fourth-order valence-electron chi connectivity index (χ4n) is 2.12. The van der Waals surface area contributed by atoms with E-state index in [1.807, 2.05) is 0 Å². The van der Waals surface area contributed by atoms with Gasteiger partial charge in [0, 0.05) is 12.6 Å². The number of halogens is 1. The summed E-state index contributed by atoms with van der Waals surface area (Å²) in [7, 11) is 2.24. The number of rotatable bonds is 4. The van der Waals surface area contributed by atoms with Gasteiger partial charge < -0.3 is 4.90 Å². The number of nitrogens with one attached hydrogen (secondary N) is 1. The highest BCUT2D eigenvalue weighted by molar-refractivity contribution is 6.13. The molecule has 0 aromatic heterocycles. The Morgan fingerprint density at radius 3 is 2.92 bits per heavy atom. The maximum Gasteiger partial charge on any atom is 0.0134 e. The SMILES string of the molecule is CC(CNCl)CC1CCCCN1C. The Labute approximate surface area is 86.7 Å². The second-order valence-electron chi connectivity index (χ2n) is 4.31. The van der Waals surface area contributed by atoms with Gasteiger partial charge in [-0.25, -0.2) is 4.84 Å². The van der Waals surface area contributed by atoms with Gasteiger partial charge in [-0.15, -0.1) is 0 Å². The molecule has 1 rings (SSSR count). The fraction of sp³-hybridized carbons (Fsp3) is 1.00. The maximum absolute atomic E-state index is 5.49. The zero-order valence-electron chi connectivity index (χ0n) is 8.72. The van der Waals surface area contributed by atoms with E-state index < -0.39 is 0 Å². The van der Waals surface area contributed by atoms with E-state index >= 15 is 0 Å². The monoisotopic (exact) mass is 204 g/mol. The van der Waals surface area contributed by atoms with Crippen LogP contribution in [0.4, 0.5) is 0 Å². The first-order valence-corrected chi connectivity index (χ1v) is 5.65. The third-order valence-corrected chi connectivity index (χ3v) is 3.18. The third-order valence-electron chi connectivity index (χ3n) is 3.02. The number of hydrogen-bond acceptors (Lipinski definition) is 2. The number of likely N-dealkylation sites (tertiary alicyclic amines) is 1. The molecule has 0 spiro atoms. The van der Waals surface area contributed by atoms with Crippen molar-refractivity contribution in [3.8, 4) is 0 Å². The first-order chi connectivity index (χ1) is 6.24. The van der Waals surface area contributed by atoms with Gasteiger partial charge in [-0.3, -0.25) is 0 Å². The zero-order valence-corrected chi connectivity index (χ0v) is 9.48. The first-order valence-electron chi connectivity index (χ1n) is 5.27. The molecule has 2 unspecified atom stereocenters. The van der Waals surface area contributed by atoms with Gasteiger partial charge >= 0.3 is 0 Å². The van der Waals surface area contributed by atoms with Crippen molar-refractivity contribution >= 4 is 11.8 Å². The Hall–Kier alpha value is 0.210. The Balaban J connectivity index is 2.25. The molecule has 1 aliphatic heterocycles. The highest BCUT2D eigenvalue weighted by atomic mass is 35.5. The molecule has 1 aliphatic rings. The smallest absolute Gasteiger partial charge is 0.0134 e. The standard InChI is InChI=1S/C10H21ClN2/c1-9(8-12-11)7-10-5-3-4-6-13(10)2/h9-10,12H,3-8H2,1-2H3. The molecule has 1 fully saturated rings. The molecule has 0 aromatic carbocycles. The van der Waals surface area contributed by atoms with Gasteiger partial charge in [0.15, 0.2) is 0 Å². The summed E-state index contributed by atoms with van der Waals surface area (Å²) in [6.07, 6.45) is 5.41. The van der Waals surface area contributed by atoms with Crippen LogP contribution < -0.4 is 4.84 Å². The number of nitrogens with zero attached hydrogens (tertiary/aromatic N) is 1. The molecule has 0 amide bonds. The summed E-state index contributed by atoms with van der Waals surface area (Å²) in [6.45, 7) is 4.45. The molecule has 0 saturated carbocycles. The van der Waals surface area contributed by atoms with E-state index in [-0.39, 0.29) is 0 Å². The highest BCUT2D eigenvalue weighted by Gasteiger charge is 2.20. The zero-order chi connectivity index (χ0) is 9.68. The normalized spacial score (nSPS) is 27.5. The van der Waals surface area contributed by atoms with Crippen LogP contribution in [0.1, 0.15) is 32.6 Å². The van der Waals surface area contributed by atoms with Gasteiger partial charge in [0.2, 0.25) is 0 Å². The van der Waals surface area contributed by atoms with E-state index in [1.165, 1.54) is 32.2 Å². The molecular weight excluding hydrogens is 184 g/mol. The summed E-state index contributed by atoms with van der Waals surface area (Å²) in [4.78, 5) is 5.22. The predicted molar refractivity (Wildman–Crippen MR) is 57.9 cm³/mol. The Morgan fingerprint density at radius 2 is 2.31 bits per heavy atom. The van der Waals surface area contributed by atoms with Crippen molar-refractivity contribution in [2.75, 3.05) is 20.1 Å². The van der Waals surface area contributed by atoms with E-state index in [2.05, 4.69) is 23.7 Å². The molecule has 2 nitrogen and oxygen atoms in total. The molecule has 0 aliphatic carbocycles. The van der Waals surface area contributed by atoms with Gasteiger partial charge in [-0.2, -0.15) is 0 Å². The van der Waals surface area contributed by atoms with Crippen molar-refractivity contribution in [3.05, 3.63) is 0 Å². The molecule has 1 heterocycles. The summed E-state index contributed by atoms with van der Waals surface area (Å²) >= 11 is 5.49. The quantitative estimate of drug-likeness (QED) is 0.707. The molecule has 0 aromatic rings. The van der Waals surface area contributed by atoms with Crippen LogP contribution in [0.15, 0.2) is 0 Å². The molecule has 78 valence electrons. The van der Waals surface area contributed by atoms with Crippen molar-refractivity contribution in [1.29, 1.82) is 0 Å². The molecule has 1 N–H and O–H groups in total. The van der Waals surface area contributed by atoms with Crippen molar-refractivity contribution in [1.82, 2.24) is 9.74 Å². The third kappa shape index (κ3) is 3.84. The Bertz CT molecular complexity index is 141. The lowest BCUT2D eigenvalue weighted by Crippen LogP contribution is -2.38. The van der Waals surface area contributed by atoms with E-state index in [9.17, 15) is 0 Å². The molecular formula is C10H21ClN2. The summed E-state index contributed by atoms with van der Waals surface area (Å²) in [6, 6.07) is 0.786. The van der Waals surface area contributed by atoms with Crippen LogP contribution in [-0.4, -0.2) is 31.1 Å². The Morgan fingerprint density at radius 1 is 1.54 bits per heavy atom. The van der Waals surface area contributed by atoms with E-state index in [4.69, 9.17) is 11.8 Å². The van der Waals surface area contributed by atoms with E-state index in [1.54, 1.807) is 0 Å². The van der Waals surface area contributed by atoms with Gasteiger partial charge in [-0.05, 0) is 50.5 Å². The van der Waals surface area contributed by atoms with Crippen molar-refractivity contribution in [3.63, 3.8) is 0 Å². The summed E-state index contributed by atoms with van der Waals surface area (Å²) in [5.41, 5.74) is 0. The molecule has 0 bridgehead atoms. The van der Waals surface area contributed by atoms with E-state index in [0.29, 0.717) is 5.92 Å². The van der Waals surface area contributed by atoms with Gasteiger partial charge in [-0.1, -0.05) is 13.3 Å². The predicted octanol–water partition coefficient (Wildman–Crippen LogP) is 2.24. The largest absolute Gasteiger partial charge is 0.303 e. The number of hydrogen-bond donors (Lipinski definition) is 1. The maximum atomic E-state index is 5.49. The average molecular weight is 205 g/mol. The molecule has 1 saturated heterocycles. The fourth-order valence-corrected chi connectivity index (χ4v) is 2.38. The van der Waals surface area contributed by atoms with Crippen LogP contribution in [-0.2, 0) is 0 Å². The van der Waals surface area contributed by atoms with Crippen LogP contribution in [0.3, 0.4) is 0 Å². The Kier molecular flexibility index (Phi) is 5.07. The van der Waals surface area contributed by atoms with Crippen LogP contribution >= 0.6 is 11.8 Å². The van der Waals surface area contributed by atoms with E-state index in [0.717, 1.165) is 12.6 Å². The molecule has 13 heavy (non-hydrogen) atoms. The lowest BCUT2D eigenvalue weighted by molar-refractivity contribution is 0.160. The first kappa shape index (κ1) is 11.3. The second-order valence-corrected chi connectivity index (χ2v) is 4.58. The topological polar surface area (TPSA) is 15.3 Å². The van der Waals surface area contributed by atoms with Gasteiger partial charge in [0.05, 0.1) is 0 Å². The van der Waals surface area contributed by atoms with Crippen LogP contribution in [0.2, 0.25) is 0 Å². The van der Waals surface area contributed by atoms with Crippen molar-refractivity contribution in [2.45, 2.75) is 38.6 Å². The van der Waals surface area contributed by atoms with Crippen LogP contribution in [0, 0.1) is 5.92 Å². The number of piperidine rings is 1. The second kappa shape index (κ2) is 5.84. The minimum Gasteiger partial charge on any atom is -0.303 e. The van der Waals surface area contributed by atoms with Crippen LogP contribution in [0.25, 0.3) is 0 Å². The minimum absolute atomic E-state index is 0.683. The van der Waals surface area contributed by atoms with Crippen LogP contribution in [0.5, 0.6) is 0 Å². The lowest BCUT2D eigenvalue weighted by Gasteiger charge is -2.34. The average Bonchev–Trinajstić information content (AvgIpc) is 2.09. The lowest BCUT2D eigenvalue weighted by atomic mass is 9.94. The van der Waals surface area contributed by atoms with Gasteiger partial charge in [0.1, 0.15) is 0 Å². The van der Waals surface area contributed by atoms with Crippen molar-refractivity contribution in [2.24, 2.45) is 5.92 Å². The highest BCUT2D eigenvalue weighted by Crippen LogP contribution is 2.20. The summed E-state index contributed by atoms with van der Waals surface area (Å²) in [5.74, 6) is 0.683. The summed E-state index contributed by atoms with van der Waals surface area (Å²) < 4.78 is 0. The summed E-state index contributed by atoms with van der Waals surface area (Å²) in [5, 5.41) is 0. The molecule has 0 radical (unpaired) electrons. The molecule has 3 heteroatoms. The van der Waals surface area contributed by atoms with Gasteiger partial charge in [0.25, 0.3) is 0 Å². The molecule has 2 atom stereocenters. The minimum atomic E-state index is 0.683. The van der Waals surface area contributed by atoms with Crippen molar-refractivity contribution < 1.29 is 0 Å².